The predicted octanol–water partition coefficient (Wildman–Crippen LogP) is 5.34. The molecular formula is C22H23Cl2N3O2S. The summed E-state index contributed by atoms with van der Waals surface area (Å²) >= 11 is 13.7. The van der Waals surface area contributed by atoms with Crippen LogP contribution in [-0.2, 0) is 4.79 Å². The molecule has 3 rings (SSSR count). The fourth-order valence-corrected chi connectivity index (χ4v) is 4.11. The summed E-state index contributed by atoms with van der Waals surface area (Å²) in [5, 5.41) is 4.79. The van der Waals surface area contributed by atoms with Crippen LogP contribution in [0.15, 0.2) is 52.4 Å². The molecule has 0 saturated heterocycles. The zero-order valence-electron chi connectivity index (χ0n) is 16.8. The van der Waals surface area contributed by atoms with E-state index < -0.39 is 0 Å². The van der Waals surface area contributed by atoms with Crippen LogP contribution in [0.2, 0.25) is 10.0 Å². The number of hydrogen-bond donors (Lipinski definition) is 1. The minimum absolute atomic E-state index is 0.0395. The Morgan fingerprint density at radius 1 is 1.17 bits per heavy atom. The normalized spacial score (nSPS) is 11.2. The van der Waals surface area contributed by atoms with Gasteiger partial charge in [0.15, 0.2) is 5.16 Å². The lowest BCUT2D eigenvalue weighted by Crippen LogP contribution is -2.27. The van der Waals surface area contributed by atoms with Gasteiger partial charge in [-0.25, -0.2) is 4.98 Å². The molecule has 0 bridgehead atoms. The lowest BCUT2D eigenvalue weighted by molar-refractivity contribution is -0.121. The summed E-state index contributed by atoms with van der Waals surface area (Å²) in [6.45, 7) is 4.79. The Balaban J connectivity index is 1.85. The van der Waals surface area contributed by atoms with Gasteiger partial charge in [-0.15, -0.1) is 0 Å². The van der Waals surface area contributed by atoms with Crippen molar-refractivity contribution in [1.29, 1.82) is 0 Å². The molecule has 0 unspecified atom stereocenters. The van der Waals surface area contributed by atoms with Gasteiger partial charge in [-0.1, -0.05) is 60.9 Å². The van der Waals surface area contributed by atoms with E-state index in [1.165, 1.54) is 11.8 Å². The Morgan fingerprint density at radius 2 is 1.93 bits per heavy atom. The molecule has 5 nitrogen and oxygen atoms in total. The van der Waals surface area contributed by atoms with E-state index in [9.17, 15) is 9.59 Å². The Bertz CT molecular complexity index is 1120. The summed E-state index contributed by atoms with van der Waals surface area (Å²) < 4.78 is 1.55. The molecule has 1 amide bonds. The van der Waals surface area contributed by atoms with Crippen LogP contribution in [0.4, 0.5) is 0 Å². The summed E-state index contributed by atoms with van der Waals surface area (Å²) in [5.74, 6) is 1.12. The van der Waals surface area contributed by atoms with Crippen LogP contribution in [-0.4, -0.2) is 27.8 Å². The number of rotatable bonds is 8. The van der Waals surface area contributed by atoms with Crippen molar-refractivity contribution in [2.75, 3.05) is 12.3 Å². The molecule has 0 aliphatic rings. The maximum atomic E-state index is 13.2. The summed E-state index contributed by atoms with van der Waals surface area (Å²) in [6.07, 6.45) is 1.11. The standard InChI is InChI=1S/C22H23Cl2N3O2S/c1-14(2)13-25-20(28)8-5-11-30-22-26-19-7-4-3-6-16(19)21(29)27(22)15-9-10-17(23)18(24)12-15/h3-4,6-7,9-10,12,14H,5,8,11,13H2,1-2H3,(H,25,28). The van der Waals surface area contributed by atoms with Crippen molar-refractivity contribution >= 4 is 51.8 Å². The zero-order chi connectivity index (χ0) is 21.7. The second kappa shape index (κ2) is 10.3. The minimum Gasteiger partial charge on any atom is -0.356 e. The molecule has 0 saturated carbocycles. The topological polar surface area (TPSA) is 64.0 Å². The number of nitrogens with zero attached hydrogens (tertiary/aromatic N) is 2. The van der Waals surface area contributed by atoms with E-state index in [0.29, 0.717) is 62.8 Å². The number of carbonyl (C=O) groups is 1. The van der Waals surface area contributed by atoms with Gasteiger partial charge in [-0.05, 0) is 42.7 Å². The van der Waals surface area contributed by atoms with E-state index in [4.69, 9.17) is 23.2 Å². The second-order valence-electron chi connectivity index (χ2n) is 7.30. The van der Waals surface area contributed by atoms with E-state index in [1.807, 2.05) is 18.2 Å². The number of nitrogens with one attached hydrogen (secondary N) is 1. The highest BCUT2D eigenvalue weighted by atomic mass is 35.5. The molecule has 0 aliphatic carbocycles. The van der Waals surface area contributed by atoms with Gasteiger partial charge in [0, 0.05) is 18.7 Å². The Hall–Kier alpha value is -2.02. The molecule has 3 aromatic rings. The number of carbonyl (C=O) groups excluding carboxylic acids is 1. The summed E-state index contributed by atoms with van der Waals surface area (Å²) in [6, 6.07) is 12.3. The zero-order valence-corrected chi connectivity index (χ0v) is 19.2. The number of thioether (sulfide) groups is 1. The molecule has 30 heavy (non-hydrogen) atoms. The molecule has 1 heterocycles. The van der Waals surface area contributed by atoms with Gasteiger partial charge in [0.05, 0.1) is 26.6 Å². The number of fused-ring (bicyclic) bond motifs is 1. The average Bonchev–Trinajstić information content (AvgIpc) is 2.72. The lowest BCUT2D eigenvalue weighted by atomic mass is 10.2. The van der Waals surface area contributed by atoms with Crippen molar-refractivity contribution in [1.82, 2.24) is 14.9 Å². The third kappa shape index (κ3) is 5.56. The first-order chi connectivity index (χ1) is 14.4. The molecule has 1 aromatic heterocycles. The maximum absolute atomic E-state index is 13.2. The van der Waals surface area contributed by atoms with Crippen molar-refractivity contribution in [3.05, 3.63) is 62.9 Å². The smallest absolute Gasteiger partial charge is 0.266 e. The third-order valence-electron chi connectivity index (χ3n) is 4.39. The van der Waals surface area contributed by atoms with Crippen molar-refractivity contribution in [2.45, 2.75) is 31.8 Å². The van der Waals surface area contributed by atoms with E-state index in [2.05, 4.69) is 24.1 Å². The van der Waals surface area contributed by atoms with E-state index in [-0.39, 0.29) is 11.5 Å². The Kier molecular flexibility index (Phi) is 7.81. The van der Waals surface area contributed by atoms with Crippen molar-refractivity contribution in [2.24, 2.45) is 5.92 Å². The first kappa shape index (κ1) is 22.7. The van der Waals surface area contributed by atoms with Gasteiger partial charge in [-0.3, -0.25) is 14.2 Å². The number of aromatic nitrogens is 2. The quantitative estimate of drug-likeness (QED) is 0.278. The second-order valence-corrected chi connectivity index (χ2v) is 9.18. The molecule has 0 atom stereocenters. The largest absolute Gasteiger partial charge is 0.356 e. The number of amides is 1. The van der Waals surface area contributed by atoms with Crippen molar-refractivity contribution in [3.63, 3.8) is 0 Å². The third-order valence-corrected chi connectivity index (χ3v) is 6.16. The van der Waals surface area contributed by atoms with Crippen LogP contribution < -0.4 is 10.9 Å². The average molecular weight is 464 g/mol. The van der Waals surface area contributed by atoms with Gasteiger partial charge in [0.1, 0.15) is 0 Å². The van der Waals surface area contributed by atoms with Crippen LogP contribution in [0.3, 0.4) is 0 Å². The van der Waals surface area contributed by atoms with Crippen LogP contribution in [0.25, 0.3) is 16.6 Å². The monoisotopic (exact) mass is 463 g/mol. The highest BCUT2D eigenvalue weighted by Crippen LogP contribution is 2.27. The molecule has 2 aromatic carbocycles. The number of halogens is 2. The predicted molar refractivity (Wildman–Crippen MR) is 125 cm³/mol. The molecule has 1 N–H and O–H groups in total. The molecule has 0 aliphatic heterocycles. The number of hydrogen-bond acceptors (Lipinski definition) is 4. The Labute approximate surface area is 189 Å². The van der Waals surface area contributed by atoms with E-state index in [0.717, 1.165) is 0 Å². The van der Waals surface area contributed by atoms with E-state index >= 15 is 0 Å². The molecule has 8 heteroatoms. The summed E-state index contributed by atoms with van der Waals surface area (Å²) in [4.78, 5) is 29.8. The fraction of sp³-hybridized carbons (Fsp3) is 0.318. The molecule has 158 valence electrons. The van der Waals surface area contributed by atoms with Crippen LogP contribution in [0.5, 0.6) is 0 Å². The van der Waals surface area contributed by atoms with Crippen molar-refractivity contribution < 1.29 is 4.79 Å². The van der Waals surface area contributed by atoms with Gasteiger partial charge >= 0.3 is 0 Å². The van der Waals surface area contributed by atoms with Gasteiger partial charge in [0.25, 0.3) is 5.56 Å². The van der Waals surface area contributed by atoms with Crippen LogP contribution in [0.1, 0.15) is 26.7 Å². The molecule has 0 spiro atoms. The lowest BCUT2D eigenvalue weighted by Gasteiger charge is -2.14. The fourth-order valence-electron chi connectivity index (χ4n) is 2.86. The van der Waals surface area contributed by atoms with Gasteiger partial charge < -0.3 is 5.32 Å². The molecular weight excluding hydrogens is 441 g/mol. The summed E-state index contributed by atoms with van der Waals surface area (Å²) in [5.41, 5.74) is 1.07. The first-order valence-electron chi connectivity index (χ1n) is 9.73. The summed E-state index contributed by atoms with van der Waals surface area (Å²) in [7, 11) is 0. The highest BCUT2D eigenvalue weighted by molar-refractivity contribution is 7.99. The maximum Gasteiger partial charge on any atom is 0.266 e. The van der Waals surface area contributed by atoms with Gasteiger partial charge in [-0.2, -0.15) is 0 Å². The first-order valence-corrected chi connectivity index (χ1v) is 11.5. The van der Waals surface area contributed by atoms with Gasteiger partial charge in [0.2, 0.25) is 5.91 Å². The van der Waals surface area contributed by atoms with Crippen LogP contribution in [0, 0.1) is 5.92 Å². The highest BCUT2D eigenvalue weighted by Gasteiger charge is 2.14. The number of para-hydroxylation sites is 1. The molecule has 0 fully saturated rings. The minimum atomic E-state index is -0.170. The van der Waals surface area contributed by atoms with Crippen molar-refractivity contribution in [3.8, 4) is 5.69 Å². The Morgan fingerprint density at radius 3 is 2.67 bits per heavy atom. The number of benzene rings is 2. The SMILES string of the molecule is CC(C)CNC(=O)CCCSc1nc2ccccc2c(=O)n1-c1ccc(Cl)c(Cl)c1. The van der Waals surface area contributed by atoms with E-state index in [1.54, 1.807) is 28.8 Å². The molecule has 0 radical (unpaired) electrons. The van der Waals surface area contributed by atoms with Crippen LogP contribution >= 0.6 is 35.0 Å².